The smallest absolute Gasteiger partial charge is 0.273 e. The summed E-state index contributed by atoms with van der Waals surface area (Å²) in [6.07, 6.45) is 0. The van der Waals surface area contributed by atoms with Gasteiger partial charge in [0.05, 0.1) is 7.11 Å². The highest BCUT2D eigenvalue weighted by atomic mass is 32.2. The minimum Gasteiger partial charge on any atom is -0.481 e. The number of hydrogen-bond acceptors (Lipinski definition) is 7. The maximum Gasteiger partial charge on any atom is 0.273 e. The van der Waals surface area contributed by atoms with Gasteiger partial charge in [0.25, 0.3) is 10.0 Å². The summed E-state index contributed by atoms with van der Waals surface area (Å²) in [5.74, 6) is 0.250. The van der Waals surface area contributed by atoms with Gasteiger partial charge in [-0.1, -0.05) is 0 Å². The average molecular weight is 300 g/mol. The summed E-state index contributed by atoms with van der Waals surface area (Å²) in [4.78, 5) is 7.91. The summed E-state index contributed by atoms with van der Waals surface area (Å²) in [5.41, 5.74) is 6.49. The maximum atomic E-state index is 12.0. The summed E-state index contributed by atoms with van der Waals surface area (Å²) in [6, 6.07) is 2.97. The van der Waals surface area contributed by atoms with Gasteiger partial charge in [-0.3, -0.25) is 0 Å². The molecular formula is C10H12N4O3S2. The van der Waals surface area contributed by atoms with Gasteiger partial charge in [-0.2, -0.15) is 4.98 Å². The van der Waals surface area contributed by atoms with Crippen molar-refractivity contribution in [3.05, 3.63) is 23.2 Å². The molecule has 0 spiro atoms. The summed E-state index contributed by atoms with van der Waals surface area (Å²) < 4.78 is 31.4. The van der Waals surface area contributed by atoms with Gasteiger partial charge < -0.3 is 10.5 Å². The van der Waals surface area contributed by atoms with Gasteiger partial charge in [-0.15, -0.1) is 11.3 Å². The molecule has 3 N–H and O–H groups in total. The van der Waals surface area contributed by atoms with E-state index in [2.05, 4.69) is 14.7 Å². The Bertz CT molecular complexity index is 697. The third-order valence-electron chi connectivity index (χ3n) is 2.13. The summed E-state index contributed by atoms with van der Waals surface area (Å²) in [5, 5.41) is 1.55. The fourth-order valence-electron chi connectivity index (χ4n) is 1.33. The lowest BCUT2D eigenvalue weighted by molar-refractivity contribution is 0.397. The molecule has 0 amide bonds. The number of anilines is 2. The molecule has 2 rings (SSSR count). The Morgan fingerprint density at radius 2 is 2.11 bits per heavy atom. The molecule has 2 heterocycles. The van der Waals surface area contributed by atoms with E-state index in [1.165, 1.54) is 13.2 Å². The molecule has 0 fully saturated rings. The van der Waals surface area contributed by atoms with E-state index in [9.17, 15) is 8.42 Å². The van der Waals surface area contributed by atoms with Crippen LogP contribution in [0.25, 0.3) is 0 Å². The van der Waals surface area contributed by atoms with Crippen molar-refractivity contribution in [1.29, 1.82) is 0 Å². The van der Waals surface area contributed by atoms with Gasteiger partial charge in [0, 0.05) is 22.8 Å². The number of nitrogens with two attached hydrogens (primary N) is 1. The second-order valence-corrected chi connectivity index (χ2v) is 6.50. The molecule has 0 aliphatic rings. The zero-order valence-corrected chi connectivity index (χ0v) is 11.9. The summed E-state index contributed by atoms with van der Waals surface area (Å²) in [7, 11) is -2.28. The fraction of sp³-hybridized carbons (Fsp3) is 0.200. The highest BCUT2D eigenvalue weighted by molar-refractivity contribution is 7.94. The molecule has 0 aliphatic carbocycles. The van der Waals surface area contributed by atoms with Crippen LogP contribution < -0.4 is 15.2 Å². The molecule has 7 nitrogen and oxygen atoms in total. The van der Waals surface area contributed by atoms with Crippen LogP contribution in [0.3, 0.4) is 0 Å². The van der Waals surface area contributed by atoms with Crippen LogP contribution in [0.1, 0.15) is 5.69 Å². The topological polar surface area (TPSA) is 107 Å². The summed E-state index contributed by atoms with van der Waals surface area (Å²) >= 11 is 1.03. The lowest BCUT2D eigenvalue weighted by Crippen LogP contribution is -2.14. The Balaban J connectivity index is 2.32. The van der Waals surface area contributed by atoms with E-state index in [1.807, 2.05) is 0 Å². The largest absolute Gasteiger partial charge is 0.481 e. The molecule has 0 saturated carbocycles. The SMILES string of the molecule is COc1cc(C)nc(NS(=O)(=O)c2cc(N)cs2)n1. The van der Waals surface area contributed by atoms with Crippen LogP contribution in [0.4, 0.5) is 11.6 Å². The molecule has 0 atom stereocenters. The number of methoxy groups -OCH3 is 1. The van der Waals surface area contributed by atoms with E-state index in [1.54, 1.807) is 18.4 Å². The fourth-order valence-corrected chi connectivity index (χ4v) is 3.36. The first-order valence-electron chi connectivity index (χ1n) is 5.17. The van der Waals surface area contributed by atoms with Crippen molar-refractivity contribution in [2.75, 3.05) is 17.6 Å². The molecule has 102 valence electrons. The third kappa shape index (κ3) is 3.12. The second kappa shape index (κ2) is 5.02. The zero-order valence-electron chi connectivity index (χ0n) is 10.2. The molecule has 0 aliphatic heterocycles. The Labute approximate surface area is 114 Å². The Morgan fingerprint density at radius 1 is 1.37 bits per heavy atom. The highest BCUT2D eigenvalue weighted by Crippen LogP contribution is 2.23. The van der Waals surface area contributed by atoms with Gasteiger partial charge in [0.2, 0.25) is 11.8 Å². The van der Waals surface area contributed by atoms with Crippen LogP contribution in [0, 0.1) is 6.92 Å². The Kier molecular flexibility index (Phi) is 3.58. The number of aryl methyl sites for hydroxylation is 1. The van der Waals surface area contributed by atoms with E-state index >= 15 is 0 Å². The van der Waals surface area contributed by atoms with Crippen molar-refractivity contribution >= 4 is 33.0 Å². The second-order valence-electron chi connectivity index (χ2n) is 3.68. The molecule has 0 unspecified atom stereocenters. The van der Waals surface area contributed by atoms with Crippen molar-refractivity contribution in [2.24, 2.45) is 0 Å². The first-order valence-corrected chi connectivity index (χ1v) is 7.53. The van der Waals surface area contributed by atoms with Gasteiger partial charge in [-0.25, -0.2) is 18.1 Å². The first kappa shape index (κ1) is 13.6. The number of thiophene rings is 1. The van der Waals surface area contributed by atoms with Crippen molar-refractivity contribution in [1.82, 2.24) is 9.97 Å². The minimum atomic E-state index is -3.73. The number of rotatable bonds is 4. The van der Waals surface area contributed by atoms with Gasteiger partial charge in [0.15, 0.2) is 0 Å². The molecule has 0 radical (unpaired) electrons. The monoisotopic (exact) mass is 300 g/mol. The minimum absolute atomic E-state index is 0.0381. The molecule has 19 heavy (non-hydrogen) atoms. The number of nitrogens with one attached hydrogen (secondary N) is 1. The van der Waals surface area contributed by atoms with Crippen LogP contribution in [0.15, 0.2) is 21.7 Å². The van der Waals surface area contributed by atoms with Crippen LogP contribution in [-0.2, 0) is 10.0 Å². The number of hydrogen-bond donors (Lipinski definition) is 2. The van der Waals surface area contributed by atoms with Gasteiger partial charge in [0.1, 0.15) is 4.21 Å². The lowest BCUT2D eigenvalue weighted by atomic mass is 10.4. The zero-order chi connectivity index (χ0) is 14.0. The number of aromatic nitrogens is 2. The molecule has 9 heteroatoms. The van der Waals surface area contributed by atoms with E-state index in [0.29, 0.717) is 11.4 Å². The van der Waals surface area contributed by atoms with Crippen LogP contribution >= 0.6 is 11.3 Å². The predicted molar refractivity (Wildman–Crippen MR) is 72.9 cm³/mol. The predicted octanol–water partition coefficient (Wildman–Crippen LogP) is 1.24. The van der Waals surface area contributed by atoms with Crippen molar-refractivity contribution in [2.45, 2.75) is 11.1 Å². The van der Waals surface area contributed by atoms with Crippen LogP contribution in [0.2, 0.25) is 0 Å². The molecule has 0 aromatic carbocycles. The Hall–Kier alpha value is -1.87. The van der Waals surface area contributed by atoms with E-state index in [0.717, 1.165) is 11.3 Å². The molecule has 2 aromatic rings. The van der Waals surface area contributed by atoms with Crippen LogP contribution in [0.5, 0.6) is 5.88 Å². The van der Waals surface area contributed by atoms with Crippen LogP contribution in [-0.4, -0.2) is 25.5 Å². The third-order valence-corrected chi connectivity index (χ3v) is 4.91. The van der Waals surface area contributed by atoms with E-state index in [4.69, 9.17) is 10.5 Å². The Morgan fingerprint density at radius 3 is 2.68 bits per heavy atom. The lowest BCUT2D eigenvalue weighted by Gasteiger charge is -2.07. The van der Waals surface area contributed by atoms with Crippen molar-refractivity contribution < 1.29 is 13.2 Å². The normalized spacial score (nSPS) is 11.3. The van der Waals surface area contributed by atoms with Crippen molar-refractivity contribution in [3.63, 3.8) is 0 Å². The number of nitrogens with zero attached hydrogens (tertiary/aromatic N) is 2. The molecular weight excluding hydrogens is 288 g/mol. The average Bonchev–Trinajstić information content (AvgIpc) is 2.75. The molecule has 2 aromatic heterocycles. The number of sulfonamides is 1. The number of ether oxygens (including phenoxy) is 1. The maximum absolute atomic E-state index is 12.0. The standard InChI is InChI=1S/C10H12N4O3S2/c1-6-3-8(17-2)13-10(12-6)14-19(15,16)9-4-7(11)5-18-9/h3-5H,11H2,1-2H3,(H,12,13,14). The van der Waals surface area contributed by atoms with Crippen molar-refractivity contribution in [3.8, 4) is 5.88 Å². The van der Waals surface area contributed by atoms with E-state index in [-0.39, 0.29) is 16.0 Å². The molecule has 0 saturated heterocycles. The quantitative estimate of drug-likeness (QED) is 0.879. The first-order chi connectivity index (χ1) is 8.90. The number of nitrogen functional groups attached to an aromatic ring is 1. The summed E-state index contributed by atoms with van der Waals surface area (Å²) in [6.45, 7) is 1.71. The van der Waals surface area contributed by atoms with Gasteiger partial charge in [-0.05, 0) is 13.0 Å². The van der Waals surface area contributed by atoms with Gasteiger partial charge >= 0.3 is 0 Å². The molecule has 0 bridgehead atoms. The highest BCUT2D eigenvalue weighted by Gasteiger charge is 2.18. The van der Waals surface area contributed by atoms with E-state index < -0.39 is 10.0 Å².